The van der Waals surface area contributed by atoms with Crippen LogP contribution in [0.5, 0.6) is 0 Å². The summed E-state index contributed by atoms with van der Waals surface area (Å²) in [5.74, 6) is 0. The van der Waals surface area contributed by atoms with Gasteiger partial charge in [0.15, 0.2) is 0 Å². The molecule has 0 aromatic carbocycles. The third-order valence-electron chi connectivity index (χ3n) is 2.41. The molecule has 0 saturated carbocycles. The molecule has 1 aromatic heterocycles. The van der Waals surface area contributed by atoms with Crippen LogP contribution in [0.1, 0.15) is 30.7 Å². The number of ether oxygens (including phenoxy) is 1. The van der Waals surface area contributed by atoms with Gasteiger partial charge in [0.1, 0.15) is 5.67 Å². The Morgan fingerprint density at radius 3 is 3.15 bits per heavy atom. The summed E-state index contributed by atoms with van der Waals surface area (Å²) in [5.41, 5.74) is -1.05. The zero-order valence-electron chi connectivity index (χ0n) is 7.63. The zero-order chi connectivity index (χ0) is 9.31. The number of alkyl halides is 1. The second-order valence-electron chi connectivity index (χ2n) is 3.74. The van der Waals surface area contributed by atoms with Gasteiger partial charge >= 0.3 is 0 Å². The third-order valence-corrected chi connectivity index (χ3v) is 3.38. The molecule has 1 nitrogen and oxygen atoms in total. The first-order chi connectivity index (χ1) is 6.17. The average molecular weight is 200 g/mol. The van der Waals surface area contributed by atoms with E-state index in [0.717, 1.165) is 4.88 Å². The molecule has 2 rings (SSSR count). The van der Waals surface area contributed by atoms with Crippen LogP contribution >= 0.6 is 11.3 Å². The first kappa shape index (κ1) is 9.16. The molecular weight excluding hydrogens is 187 g/mol. The van der Waals surface area contributed by atoms with Gasteiger partial charge < -0.3 is 4.74 Å². The molecule has 1 fully saturated rings. The van der Waals surface area contributed by atoms with E-state index in [4.69, 9.17) is 4.74 Å². The van der Waals surface area contributed by atoms with Crippen LogP contribution in [0.25, 0.3) is 0 Å². The van der Waals surface area contributed by atoms with E-state index in [1.807, 2.05) is 17.5 Å². The lowest BCUT2D eigenvalue weighted by atomic mass is 9.94. The SMILES string of the molecule is CC1(F)CCOC(c2cccs2)C1. The molecule has 2 unspecified atom stereocenters. The number of halogens is 1. The summed E-state index contributed by atoms with van der Waals surface area (Å²) in [7, 11) is 0. The Kier molecular flexibility index (Phi) is 2.39. The predicted molar refractivity (Wildman–Crippen MR) is 51.8 cm³/mol. The Balaban J connectivity index is 2.09. The minimum Gasteiger partial charge on any atom is -0.372 e. The van der Waals surface area contributed by atoms with Crippen LogP contribution in [-0.2, 0) is 4.74 Å². The standard InChI is InChI=1S/C10H13FOS/c1-10(11)4-5-12-8(7-10)9-3-2-6-13-9/h2-3,6,8H,4-5,7H2,1H3. The van der Waals surface area contributed by atoms with E-state index in [-0.39, 0.29) is 6.10 Å². The second-order valence-corrected chi connectivity index (χ2v) is 4.72. The second kappa shape index (κ2) is 3.39. The first-order valence-electron chi connectivity index (χ1n) is 4.51. The first-order valence-corrected chi connectivity index (χ1v) is 5.39. The highest BCUT2D eigenvalue weighted by molar-refractivity contribution is 7.10. The third kappa shape index (κ3) is 2.09. The van der Waals surface area contributed by atoms with Crippen LogP contribution < -0.4 is 0 Å². The highest BCUT2D eigenvalue weighted by atomic mass is 32.1. The van der Waals surface area contributed by atoms with Crippen molar-refractivity contribution >= 4 is 11.3 Å². The van der Waals surface area contributed by atoms with Gasteiger partial charge in [-0.2, -0.15) is 0 Å². The maximum atomic E-state index is 13.6. The molecule has 0 aliphatic carbocycles. The maximum Gasteiger partial charge on any atom is 0.113 e. The summed E-state index contributed by atoms with van der Waals surface area (Å²) >= 11 is 1.64. The van der Waals surface area contributed by atoms with Crippen LogP contribution in [-0.4, -0.2) is 12.3 Å². The fourth-order valence-corrected chi connectivity index (χ4v) is 2.39. The van der Waals surface area contributed by atoms with Crippen molar-refractivity contribution in [3.05, 3.63) is 22.4 Å². The van der Waals surface area contributed by atoms with Gasteiger partial charge in [0.2, 0.25) is 0 Å². The Labute approximate surface area is 81.5 Å². The largest absolute Gasteiger partial charge is 0.372 e. The van der Waals surface area contributed by atoms with Gasteiger partial charge in [-0.05, 0) is 18.4 Å². The van der Waals surface area contributed by atoms with E-state index in [1.165, 1.54) is 0 Å². The predicted octanol–water partition coefficient (Wildman–Crippen LogP) is 3.33. The molecule has 3 heteroatoms. The van der Waals surface area contributed by atoms with Crippen molar-refractivity contribution in [1.82, 2.24) is 0 Å². The fraction of sp³-hybridized carbons (Fsp3) is 0.600. The monoisotopic (exact) mass is 200 g/mol. The van der Waals surface area contributed by atoms with Gasteiger partial charge in [-0.25, -0.2) is 4.39 Å². The van der Waals surface area contributed by atoms with E-state index >= 15 is 0 Å². The highest BCUT2D eigenvalue weighted by Gasteiger charge is 2.33. The normalized spacial score (nSPS) is 34.8. The number of hydrogen-bond acceptors (Lipinski definition) is 2. The molecule has 2 atom stereocenters. The van der Waals surface area contributed by atoms with Crippen LogP contribution in [0, 0.1) is 0 Å². The lowest BCUT2D eigenvalue weighted by Crippen LogP contribution is -2.30. The fourth-order valence-electron chi connectivity index (χ4n) is 1.62. The lowest BCUT2D eigenvalue weighted by molar-refractivity contribution is -0.0556. The van der Waals surface area contributed by atoms with Gasteiger partial charge in [-0.1, -0.05) is 6.07 Å². The van der Waals surface area contributed by atoms with E-state index in [9.17, 15) is 4.39 Å². The molecule has 1 aliphatic rings. The number of thiophene rings is 1. The molecule has 1 aliphatic heterocycles. The van der Waals surface area contributed by atoms with Gasteiger partial charge in [-0.3, -0.25) is 0 Å². The van der Waals surface area contributed by atoms with Crippen LogP contribution in [0.15, 0.2) is 17.5 Å². The Morgan fingerprint density at radius 2 is 2.54 bits per heavy atom. The highest BCUT2D eigenvalue weighted by Crippen LogP contribution is 2.37. The summed E-state index contributed by atoms with van der Waals surface area (Å²) in [6.07, 6.45) is 0.992. The molecule has 0 N–H and O–H groups in total. The van der Waals surface area contributed by atoms with Crippen molar-refractivity contribution in [2.24, 2.45) is 0 Å². The molecule has 0 bridgehead atoms. The van der Waals surface area contributed by atoms with Gasteiger partial charge in [0.25, 0.3) is 0 Å². The van der Waals surface area contributed by atoms with E-state index in [1.54, 1.807) is 18.3 Å². The van der Waals surface area contributed by atoms with Crippen molar-refractivity contribution < 1.29 is 9.13 Å². The van der Waals surface area contributed by atoms with Crippen LogP contribution in [0.4, 0.5) is 4.39 Å². The van der Waals surface area contributed by atoms with Crippen LogP contribution in [0.3, 0.4) is 0 Å². The van der Waals surface area contributed by atoms with Crippen molar-refractivity contribution in [2.75, 3.05) is 6.61 Å². The quantitative estimate of drug-likeness (QED) is 0.675. The van der Waals surface area contributed by atoms with Crippen molar-refractivity contribution in [3.8, 4) is 0 Å². The summed E-state index contributed by atoms with van der Waals surface area (Å²) in [6, 6.07) is 3.99. The van der Waals surface area contributed by atoms with Gasteiger partial charge in [0, 0.05) is 17.7 Å². The molecule has 1 aromatic rings. The molecule has 0 radical (unpaired) electrons. The molecule has 72 valence electrons. The Morgan fingerprint density at radius 1 is 1.69 bits per heavy atom. The summed E-state index contributed by atoms with van der Waals surface area (Å²) in [6.45, 7) is 2.20. The molecule has 0 amide bonds. The molecule has 2 heterocycles. The topological polar surface area (TPSA) is 9.23 Å². The van der Waals surface area contributed by atoms with E-state index in [2.05, 4.69) is 0 Å². The average Bonchev–Trinajstić information content (AvgIpc) is 2.53. The molecule has 1 saturated heterocycles. The van der Waals surface area contributed by atoms with Crippen molar-refractivity contribution in [3.63, 3.8) is 0 Å². The Hall–Kier alpha value is -0.410. The summed E-state index contributed by atoms with van der Waals surface area (Å²) in [4.78, 5) is 1.14. The van der Waals surface area contributed by atoms with Crippen molar-refractivity contribution in [1.29, 1.82) is 0 Å². The number of hydrogen-bond donors (Lipinski definition) is 0. The van der Waals surface area contributed by atoms with Crippen LogP contribution in [0.2, 0.25) is 0 Å². The van der Waals surface area contributed by atoms with E-state index in [0.29, 0.717) is 19.4 Å². The molecule has 13 heavy (non-hydrogen) atoms. The zero-order valence-corrected chi connectivity index (χ0v) is 8.44. The van der Waals surface area contributed by atoms with Gasteiger partial charge in [0.05, 0.1) is 12.7 Å². The van der Waals surface area contributed by atoms with E-state index < -0.39 is 5.67 Å². The lowest BCUT2D eigenvalue weighted by Gasteiger charge is -2.31. The smallest absolute Gasteiger partial charge is 0.113 e. The Bertz CT molecular complexity index is 268. The minimum atomic E-state index is -1.05. The summed E-state index contributed by atoms with van der Waals surface area (Å²) < 4.78 is 19.2. The maximum absolute atomic E-state index is 13.6. The van der Waals surface area contributed by atoms with Crippen molar-refractivity contribution in [2.45, 2.75) is 31.5 Å². The summed E-state index contributed by atoms with van der Waals surface area (Å²) in [5, 5.41) is 2.00. The minimum absolute atomic E-state index is 0.0243. The molecular formula is C10H13FOS. The number of rotatable bonds is 1. The molecule has 0 spiro atoms. The van der Waals surface area contributed by atoms with Gasteiger partial charge in [-0.15, -0.1) is 11.3 Å².